The van der Waals surface area contributed by atoms with E-state index in [-0.39, 0.29) is 5.82 Å². The van der Waals surface area contributed by atoms with Gasteiger partial charge in [-0.25, -0.2) is 9.18 Å². The van der Waals surface area contributed by atoms with Crippen molar-refractivity contribution in [1.29, 1.82) is 0 Å². The maximum atomic E-state index is 13.3. The van der Waals surface area contributed by atoms with E-state index in [2.05, 4.69) is 0 Å². The Morgan fingerprint density at radius 1 is 0.962 bits per heavy atom. The van der Waals surface area contributed by atoms with Gasteiger partial charge in [0, 0.05) is 9.92 Å². The van der Waals surface area contributed by atoms with Crippen molar-refractivity contribution in [2.45, 2.75) is 4.90 Å². The predicted molar refractivity (Wildman–Crippen MR) is 105 cm³/mol. The van der Waals surface area contributed by atoms with Crippen molar-refractivity contribution in [3.8, 4) is 22.3 Å². The summed E-state index contributed by atoms with van der Waals surface area (Å²) in [5, 5.41) is 0.656. The van der Waals surface area contributed by atoms with Crippen LogP contribution in [0.4, 0.5) is 4.39 Å². The van der Waals surface area contributed by atoms with Gasteiger partial charge in [-0.15, -0.1) is 11.8 Å². The number of hydrogen-bond donors (Lipinski definition) is 0. The van der Waals surface area contributed by atoms with Crippen molar-refractivity contribution >= 4 is 29.3 Å². The minimum Gasteiger partial charge on any atom is -0.465 e. The Bertz CT molecular complexity index is 937. The van der Waals surface area contributed by atoms with Crippen LogP contribution in [0.1, 0.15) is 10.4 Å². The smallest absolute Gasteiger partial charge is 0.339 e. The molecule has 3 rings (SSSR count). The molecule has 0 aliphatic rings. The number of benzene rings is 3. The molecule has 0 fully saturated rings. The molecule has 0 saturated carbocycles. The molecular weight excluding hydrogens is 371 g/mol. The quantitative estimate of drug-likeness (QED) is 0.387. The molecule has 0 atom stereocenters. The van der Waals surface area contributed by atoms with Crippen molar-refractivity contribution in [3.63, 3.8) is 0 Å². The minimum atomic E-state index is -0.420. The Hall–Kier alpha value is -2.30. The van der Waals surface area contributed by atoms with E-state index in [4.69, 9.17) is 16.3 Å². The second-order valence-electron chi connectivity index (χ2n) is 5.61. The lowest BCUT2D eigenvalue weighted by Crippen LogP contribution is -2.06. The first-order valence-electron chi connectivity index (χ1n) is 7.85. The van der Waals surface area contributed by atoms with Gasteiger partial charge >= 0.3 is 5.97 Å². The molecule has 0 bridgehead atoms. The van der Waals surface area contributed by atoms with Gasteiger partial charge in [0.15, 0.2) is 0 Å². The Kier molecular flexibility index (Phi) is 5.64. The molecule has 0 radical (unpaired) electrons. The molecule has 0 heterocycles. The lowest BCUT2D eigenvalue weighted by atomic mass is 9.94. The highest BCUT2D eigenvalue weighted by molar-refractivity contribution is 7.98. The largest absolute Gasteiger partial charge is 0.465 e. The molecular formula is C21H16ClFO2S. The summed E-state index contributed by atoms with van der Waals surface area (Å²) in [4.78, 5) is 13.2. The third kappa shape index (κ3) is 3.76. The second-order valence-corrected chi connectivity index (χ2v) is 6.89. The number of thioether (sulfide) groups is 1. The molecule has 0 N–H and O–H groups in total. The molecule has 3 aromatic rings. The number of halogens is 2. The highest BCUT2D eigenvalue weighted by atomic mass is 35.5. The van der Waals surface area contributed by atoms with Crippen LogP contribution in [-0.4, -0.2) is 19.3 Å². The van der Waals surface area contributed by atoms with E-state index < -0.39 is 5.97 Å². The van der Waals surface area contributed by atoms with Crippen LogP contribution in [0.5, 0.6) is 0 Å². The van der Waals surface area contributed by atoms with Crippen LogP contribution in [0.3, 0.4) is 0 Å². The molecule has 132 valence electrons. The molecule has 5 heteroatoms. The highest BCUT2D eigenvalue weighted by Gasteiger charge is 2.20. The molecule has 0 spiro atoms. The minimum absolute atomic E-state index is 0.327. The van der Waals surface area contributed by atoms with E-state index in [0.29, 0.717) is 16.1 Å². The number of carbonyl (C=O) groups is 1. The standard InChI is InChI=1S/C21H16ClFO2S/c1-25-21(24)20-18(14-5-9-17(23)10-6-14)11-15(12-19(20)26-2)13-3-7-16(22)8-4-13/h3-12H,1-2H3. The monoisotopic (exact) mass is 386 g/mol. The van der Waals surface area contributed by atoms with Gasteiger partial charge in [-0.05, 0) is 64.9 Å². The molecule has 0 saturated heterocycles. The topological polar surface area (TPSA) is 26.3 Å². The first kappa shape index (κ1) is 18.5. The van der Waals surface area contributed by atoms with Crippen LogP contribution in [0.15, 0.2) is 65.6 Å². The van der Waals surface area contributed by atoms with E-state index in [1.54, 1.807) is 12.1 Å². The lowest BCUT2D eigenvalue weighted by Gasteiger charge is -2.15. The Balaban J connectivity index is 2.26. The first-order valence-corrected chi connectivity index (χ1v) is 9.46. The van der Waals surface area contributed by atoms with E-state index in [1.807, 2.05) is 42.7 Å². The molecule has 0 unspecified atom stereocenters. The van der Waals surface area contributed by atoms with Crippen LogP contribution in [0, 0.1) is 5.82 Å². The summed E-state index contributed by atoms with van der Waals surface area (Å²) in [6, 6.07) is 17.4. The molecule has 0 aliphatic carbocycles. The van der Waals surface area contributed by atoms with E-state index >= 15 is 0 Å². The summed E-state index contributed by atoms with van der Waals surface area (Å²) in [5.74, 6) is -0.747. The SMILES string of the molecule is COC(=O)c1c(SC)cc(-c2ccc(Cl)cc2)cc1-c1ccc(F)cc1. The summed E-state index contributed by atoms with van der Waals surface area (Å²) in [7, 11) is 1.36. The van der Waals surface area contributed by atoms with Gasteiger partial charge in [-0.1, -0.05) is 35.9 Å². The van der Waals surface area contributed by atoms with Crippen LogP contribution >= 0.6 is 23.4 Å². The van der Waals surface area contributed by atoms with Gasteiger partial charge in [0.05, 0.1) is 12.7 Å². The van der Waals surface area contributed by atoms with Crippen molar-refractivity contribution in [2.24, 2.45) is 0 Å². The van der Waals surface area contributed by atoms with Gasteiger partial charge in [0.25, 0.3) is 0 Å². The maximum absolute atomic E-state index is 13.3. The molecule has 0 amide bonds. The fourth-order valence-electron chi connectivity index (χ4n) is 2.76. The second kappa shape index (κ2) is 7.94. The first-order chi connectivity index (χ1) is 12.5. The number of ether oxygens (including phenoxy) is 1. The van der Waals surface area contributed by atoms with E-state index in [0.717, 1.165) is 21.6 Å². The number of carbonyl (C=O) groups excluding carboxylic acids is 1. The highest BCUT2D eigenvalue weighted by Crippen LogP contribution is 2.37. The van der Waals surface area contributed by atoms with Gasteiger partial charge in [-0.3, -0.25) is 0 Å². The normalized spacial score (nSPS) is 10.6. The van der Waals surface area contributed by atoms with Gasteiger partial charge < -0.3 is 4.74 Å². The fraction of sp³-hybridized carbons (Fsp3) is 0.0952. The number of rotatable bonds is 4. The van der Waals surface area contributed by atoms with Crippen molar-refractivity contribution < 1.29 is 13.9 Å². The fourth-order valence-corrected chi connectivity index (χ4v) is 3.52. The maximum Gasteiger partial charge on any atom is 0.339 e. The third-order valence-corrected chi connectivity index (χ3v) is 5.06. The summed E-state index contributed by atoms with van der Waals surface area (Å²) < 4.78 is 18.3. The zero-order chi connectivity index (χ0) is 18.7. The Labute approximate surface area is 161 Å². The van der Waals surface area contributed by atoms with Gasteiger partial charge in [0.2, 0.25) is 0 Å². The Morgan fingerprint density at radius 2 is 1.58 bits per heavy atom. The summed E-state index contributed by atoms with van der Waals surface area (Å²) in [5.41, 5.74) is 3.85. The summed E-state index contributed by atoms with van der Waals surface area (Å²) in [6.45, 7) is 0. The van der Waals surface area contributed by atoms with Crippen LogP contribution < -0.4 is 0 Å². The molecule has 0 aromatic heterocycles. The Morgan fingerprint density at radius 3 is 2.15 bits per heavy atom. The van der Waals surface area contributed by atoms with Gasteiger partial charge in [-0.2, -0.15) is 0 Å². The summed E-state index contributed by atoms with van der Waals surface area (Å²) >= 11 is 7.45. The molecule has 26 heavy (non-hydrogen) atoms. The third-order valence-electron chi connectivity index (χ3n) is 4.04. The summed E-state index contributed by atoms with van der Waals surface area (Å²) in [6.07, 6.45) is 1.90. The van der Waals surface area contributed by atoms with Crippen molar-refractivity contribution in [2.75, 3.05) is 13.4 Å². The number of methoxy groups -OCH3 is 1. The lowest BCUT2D eigenvalue weighted by molar-refractivity contribution is 0.0598. The van der Waals surface area contributed by atoms with Crippen LogP contribution in [0.2, 0.25) is 5.02 Å². The predicted octanol–water partition coefficient (Wildman–Crippen LogP) is 6.32. The van der Waals surface area contributed by atoms with E-state index in [1.165, 1.54) is 31.0 Å². The zero-order valence-corrected chi connectivity index (χ0v) is 15.8. The van der Waals surface area contributed by atoms with Crippen molar-refractivity contribution in [3.05, 3.63) is 77.1 Å². The van der Waals surface area contributed by atoms with Crippen molar-refractivity contribution in [1.82, 2.24) is 0 Å². The molecule has 3 aromatic carbocycles. The zero-order valence-electron chi connectivity index (χ0n) is 14.3. The molecule has 2 nitrogen and oxygen atoms in total. The van der Waals surface area contributed by atoms with Gasteiger partial charge in [0.1, 0.15) is 5.82 Å². The number of esters is 1. The molecule has 0 aliphatic heterocycles. The van der Waals surface area contributed by atoms with E-state index in [9.17, 15) is 9.18 Å². The number of hydrogen-bond acceptors (Lipinski definition) is 3. The average Bonchev–Trinajstić information content (AvgIpc) is 2.67. The van der Waals surface area contributed by atoms with Crippen LogP contribution in [0.25, 0.3) is 22.3 Å². The average molecular weight is 387 g/mol. The van der Waals surface area contributed by atoms with Crippen LogP contribution in [-0.2, 0) is 4.74 Å².